The van der Waals surface area contributed by atoms with E-state index in [-0.39, 0.29) is 11.3 Å². The number of aromatic nitrogens is 1. The number of hydrogen-bond acceptors (Lipinski definition) is 10. The second-order valence-corrected chi connectivity index (χ2v) is 7.23. The first-order valence-electron chi connectivity index (χ1n) is 9.33. The van der Waals surface area contributed by atoms with Gasteiger partial charge in [-0.15, -0.1) is 11.3 Å². The van der Waals surface area contributed by atoms with E-state index in [9.17, 15) is 19.7 Å². The number of hydrogen-bond donors (Lipinski definition) is 1. The highest BCUT2D eigenvalue weighted by molar-refractivity contribution is 7.14. The molecular formula is C21H19N3O8S. The van der Waals surface area contributed by atoms with Gasteiger partial charge >= 0.3 is 11.7 Å². The lowest BCUT2D eigenvalue weighted by molar-refractivity contribution is -0.385. The Hall–Kier alpha value is -4.19. The first kappa shape index (κ1) is 23.5. The highest BCUT2D eigenvalue weighted by Gasteiger charge is 2.20. The molecule has 0 spiro atoms. The van der Waals surface area contributed by atoms with Crippen LogP contribution in [0.2, 0.25) is 0 Å². The second kappa shape index (κ2) is 10.4. The Morgan fingerprint density at radius 2 is 1.88 bits per heavy atom. The molecule has 3 aromatic rings. The van der Waals surface area contributed by atoms with Gasteiger partial charge in [0.25, 0.3) is 5.91 Å². The lowest BCUT2D eigenvalue weighted by Gasteiger charge is -2.09. The molecule has 0 radical (unpaired) electrons. The van der Waals surface area contributed by atoms with E-state index in [1.54, 1.807) is 30.7 Å². The number of amides is 1. The van der Waals surface area contributed by atoms with Crippen LogP contribution in [-0.4, -0.2) is 49.7 Å². The van der Waals surface area contributed by atoms with Gasteiger partial charge in [-0.1, -0.05) is 0 Å². The molecule has 0 saturated carbocycles. The Bertz CT molecular complexity index is 1190. The fraction of sp³-hybridized carbons (Fsp3) is 0.190. The SMILES string of the molecule is COC(=O)c1ccc([N+](=O)[O-])c(OCC(=O)Nc2nc(-c3ccc(OC)cc3OC)cs2)c1. The van der Waals surface area contributed by atoms with Crippen LogP contribution in [0.3, 0.4) is 0 Å². The molecule has 0 atom stereocenters. The summed E-state index contributed by atoms with van der Waals surface area (Å²) in [6.45, 7) is -0.535. The maximum atomic E-state index is 12.3. The van der Waals surface area contributed by atoms with E-state index in [4.69, 9.17) is 14.2 Å². The molecule has 0 aliphatic heterocycles. The van der Waals surface area contributed by atoms with Crippen LogP contribution < -0.4 is 19.5 Å². The molecule has 3 rings (SSSR count). The number of benzene rings is 2. The third kappa shape index (κ3) is 5.54. The normalized spacial score (nSPS) is 10.3. The highest BCUT2D eigenvalue weighted by atomic mass is 32.1. The Kier molecular flexibility index (Phi) is 7.41. The number of esters is 1. The van der Waals surface area contributed by atoms with Gasteiger partial charge < -0.3 is 18.9 Å². The Balaban J connectivity index is 1.70. The van der Waals surface area contributed by atoms with Gasteiger partial charge in [-0.25, -0.2) is 9.78 Å². The minimum absolute atomic E-state index is 0.0523. The minimum Gasteiger partial charge on any atom is -0.497 e. The summed E-state index contributed by atoms with van der Waals surface area (Å²) in [6, 6.07) is 8.76. The molecule has 0 bridgehead atoms. The van der Waals surface area contributed by atoms with Gasteiger partial charge in [0.05, 0.1) is 37.5 Å². The van der Waals surface area contributed by atoms with Crippen LogP contribution in [-0.2, 0) is 9.53 Å². The Labute approximate surface area is 192 Å². The maximum absolute atomic E-state index is 12.3. The molecule has 0 saturated heterocycles. The molecule has 172 valence electrons. The molecule has 0 fully saturated rings. The van der Waals surface area contributed by atoms with Crippen molar-refractivity contribution in [3.8, 4) is 28.5 Å². The number of ether oxygens (including phenoxy) is 4. The zero-order valence-electron chi connectivity index (χ0n) is 17.8. The summed E-state index contributed by atoms with van der Waals surface area (Å²) in [5, 5.41) is 15.8. The molecule has 1 N–H and O–H groups in total. The van der Waals surface area contributed by atoms with Crippen molar-refractivity contribution < 1.29 is 33.5 Å². The number of anilines is 1. The van der Waals surface area contributed by atoms with Crippen molar-refractivity contribution in [2.24, 2.45) is 0 Å². The number of carbonyl (C=O) groups excluding carboxylic acids is 2. The van der Waals surface area contributed by atoms with Gasteiger partial charge in [-0.3, -0.25) is 20.2 Å². The second-order valence-electron chi connectivity index (χ2n) is 6.37. The van der Waals surface area contributed by atoms with Crippen LogP contribution in [0.5, 0.6) is 17.2 Å². The lowest BCUT2D eigenvalue weighted by atomic mass is 10.1. The standard InChI is InChI=1S/C21H19N3O8S/c1-29-13-5-6-14(17(9-13)30-2)15-11-33-21(22-15)23-19(25)10-32-18-8-12(20(26)31-3)4-7-16(18)24(27)28/h4-9,11H,10H2,1-3H3,(H,22,23,25). The third-order valence-corrected chi connectivity index (χ3v) is 5.13. The van der Waals surface area contributed by atoms with Crippen molar-refractivity contribution in [3.63, 3.8) is 0 Å². The number of nitrogens with one attached hydrogen (secondary N) is 1. The summed E-state index contributed by atoms with van der Waals surface area (Å²) < 4.78 is 20.5. The molecule has 12 heteroatoms. The van der Waals surface area contributed by atoms with E-state index in [2.05, 4.69) is 15.0 Å². The van der Waals surface area contributed by atoms with Gasteiger partial charge in [0.2, 0.25) is 0 Å². The van der Waals surface area contributed by atoms with Gasteiger partial charge in [0.1, 0.15) is 11.5 Å². The lowest BCUT2D eigenvalue weighted by Crippen LogP contribution is -2.20. The van der Waals surface area contributed by atoms with Crippen LogP contribution >= 0.6 is 11.3 Å². The molecule has 33 heavy (non-hydrogen) atoms. The van der Waals surface area contributed by atoms with Gasteiger partial charge in [-0.05, 0) is 18.2 Å². The van der Waals surface area contributed by atoms with Crippen LogP contribution in [0.1, 0.15) is 10.4 Å². The van der Waals surface area contributed by atoms with Gasteiger partial charge in [0, 0.05) is 29.1 Å². The summed E-state index contributed by atoms with van der Waals surface area (Å²) in [6.07, 6.45) is 0. The molecule has 0 aliphatic carbocycles. The summed E-state index contributed by atoms with van der Waals surface area (Å²) in [5.41, 5.74) is 0.953. The van der Waals surface area contributed by atoms with Crippen LogP contribution in [0.15, 0.2) is 41.8 Å². The summed E-state index contributed by atoms with van der Waals surface area (Å²) in [4.78, 5) is 38.9. The molecule has 0 unspecified atom stereocenters. The van der Waals surface area contributed by atoms with Gasteiger partial charge in [-0.2, -0.15) is 0 Å². The first-order chi connectivity index (χ1) is 15.9. The third-order valence-electron chi connectivity index (χ3n) is 4.37. The number of nitro groups is 1. The average molecular weight is 473 g/mol. The fourth-order valence-electron chi connectivity index (χ4n) is 2.79. The van der Waals surface area contributed by atoms with Crippen LogP contribution in [0.25, 0.3) is 11.3 Å². The topological polar surface area (TPSA) is 139 Å². The Morgan fingerprint density at radius 3 is 2.55 bits per heavy atom. The number of thiazole rings is 1. The van der Waals surface area contributed by atoms with E-state index < -0.39 is 29.1 Å². The van der Waals surface area contributed by atoms with Crippen molar-refractivity contribution in [2.45, 2.75) is 0 Å². The van der Waals surface area contributed by atoms with Crippen molar-refractivity contribution >= 4 is 34.0 Å². The minimum atomic E-state index is -0.691. The quantitative estimate of drug-likeness (QED) is 0.281. The zero-order valence-corrected chi connectivity index (χ0v) is 18.6. The zero-order chi connectivity index (χ0) is 24.0. The highest BCUT2D eigenvalue weighted by Crippen LogP contribution is 2.35. The predicted octanol–water partition coefficient (Wildman–Crippen LogP) is 3.54. The fourth-order valence-corrected chi connectivity index (χ4v) is 3.52. The predicted molar refractivity (Wildman–Crippen MR) is 119 cm³/mol. The van der Waals surface area contributed by atoms with E-state index in [0.29, 0.717) is 27.9 Å². The molecule has 2 aromatic carbocycles. The van der Waals surface area contributed by atoms with Crippen LogP contribution in [0, 0.1) is 10.1 Å². The molecule has 0 aliphatic rings. The maximum Gasteiger partial charge on any atom is 0.337 e. The number of nitrogens with zero attached hydrogens (tertiary/aromatic N) is 2. The van der Waals surface area contributed by atoms with Crippen molar-refractivity contribution in [3.05, 3.63) is 57.5 Å². The van der Waals surface area contributed by atoms with Crippen molar-refractivity contribution in [2.75, 3.05) is 33.3 Å². The van der Waals surface area contributed by atoms with E-state index in [0.717, 1.165) is 12.1 Å². The first-order valence-corrected chi connectivity index (χ1v) is 10.2. The number of methoxy groups -OCH3 is 3. The summed E-state index contributed by atoms with van der Waals surface area (Å²) in [5.74, 6) is -0.333. The molecule has 1 aromatic heterocycles. The Morgan fingerprint density at radius 1 is 1.09 bits per heavy atom. The van der Waals surface area contributed by atoms with Gasteiger partial charge in [0.15, 0.2) is 17.5 Å². The van der Waals surface area contributed by atoms with Crippen molar-refractivity contribution in [1.29, 1.82) is 0 Å². The average Bonchev–Trinajstić information content (AvgIpc) is 3.29. The molecule has 1 amide bonds. The van der Waals surface area contributed by atoms with Crippen LogP contribution in [0.4, 0.5) is 10.8 Å². The summed E-state index contributed by atoms with van der Waals surface area (Å²) in [7, 11) is 4.26. The molecule has 11 nitrogen and oxygen atoms in total. The molecular weight excluding hydrogens is 454 g/mol. The summed E-state index contributed by atoms with van der Waals surface area (Å²) >= 11 is 1.19. The number of nitro benzene ring substituents is 1. The molecule has 1 heterocycles. The van der Waals surface area contributed by atoms with E-state index in [1.807, 2.05) is 0 Å². The van der Waals surface area contributed by atoms with E-state index in [1.165, 1.54) is 31.6 Å². The monoisotopic (exact) mass is 473 g/mol. The smallest absolute Gasteiger partial charge is 0.337 e. The number of rotatable bonds is 9. The largest absolute Gasteiger partial charge is 0.497 e. The van der Waals surface area contributed by atoms with Crippen molar-refractivity contribution in [1.82, 2.24) is 4.98 Å². The number of carbonyl (C=O) groups is 2. The van der Waals surface area contributed by atoms with E-state index >= 15 is 0 Å².